The first kappa shape index (κ1) is 17.3. The number of aromatic nitrogens is 5. The predicted octanol–water partition coefficient (Wildman–Crippen LogP) is 2.31. The first-order valence-corrected chi connectivity index (χ1v) is 9.23. The van der Waals surface area contributed by atoms with Crippen LogP contribution >= 0.6 is 0 Å². The lowest BCUT2D eigenvalue weighted by molar-refractivity contribution is -0.131. The molecule has 0 radical (unpaired) electrons. The maximum atomic E-state index is 12.6. The molecule has 138 valence electrons. The number of hydrogen-bond donors (Lipinski definition) is 0. The molecule has 7 heteroatoms. The van der Waals surface area contributed by atoms with Crippen LogP contribution in [0.3, 0.4) is 0 Å². The Balaban J connectivity index is 1.34. The molecule has 1 aromatic carbocycles. The molecule has 0 saturated carbocycles. The van der Waals surface area contributed by atoms with Crippen molar-refractivity contribution in [2.45, 2.75) is 32.1 Å². The summed E-state index contributed by atoms with van der Waals surface area (Å²) in [5.41, 5.74) is 2.56. The van der Waals surface area contributed by atoms with Crippen molar-refractivity contribution in [1.82, 2.24) is 29.9 Å². The number of benzene rings is 1. The lowest BCUT2D eigenvalue weighted by atomic mass is 9.95. The van der Waals surface area contributed by atoms with E-state index in [0.717, 1.165) is 43.1 Å². The molecule has 7 nitrogen and oxygen atoms in total. The zero-order valence-electron chi connectivity index (χ0n) is 15.3. The fourth-order valence-corrected chi connectivity index (χ4v) is 3.38. The Hall–Kier alpha value is -3.09. The van der Waals surface area contributed by atoms with Crippen LogP contribution in [0, 0.1) is 6.92 Å². The summed E-state index contributed by atoms with van der Waals surface area (Å²) in [4.78, 5) is 25.0. The Labute approximate surface area is 158 Å². The second kappa shape index (κ2) is 7.65. The van der Waals surface area contributed by atoms with Gasteiger partial charge < -0.3 is 4.90 Å². The summed E-state index contributed by atoms with van der Waals surface area (Å²) in [5.74, 6) is 1.32. The van der Waals surface area contributed by atoms with E-state index >= 15 is 0 Å². The number of nitrogens with zero attached hydrogens (tertiary/aromatic N) is 6. The fraction of sp³-hybridized carbons (Fsp3) is 0.350. The van der Waals surface area contributed by atoms with E-state index in [-0.39, 0.29) is 12.3 Å². The zero-order chi connectivity index (χ0) is 18.6. The van der Waals surface area contributed by atoms with Crippen LogP contribution in [0.2, 0.25) is 0 Å². The molecule has 0 aliphatic carbocycles. The summed E-state index contributed by atoms with van der Waals surface area (Å²) in [6, 6.07) is 11.6. The molecular formula is C20H22N6O. The van der Waals surface area contributed by atoms with E-state index in [0.29, 0.717) is 11.6 Å². The SMILES string of the molecule is Cc1ccnc(C2CCN(C(=O)Cc3cnn(-c4ccccc4)n3)CC2)n1. The molecule has 2 aromatic heterocycles. The van der Waals surface area contributed by atoms with Gasteiger partial charge in [-0.15, -0.1) is 0 Å². The number of carbonyl (C=O) groups excluding carboxylic acids is 1. The quantitative estimate of drug-likeness (QED) is 0.712. The first-order chi connectivity index (χ1) is 13.2. The van der Waals surface area contributed by atoms with E-state index in [1.807, 2.05) is 54.4 Å². The minimum Gasteiger partial charge on any atom is -0.342 e. The topological polar surface area (TPSA) is 76.8 Å². The van der Waals surface area contributed by atoms with Crippen molar-refractivity contribution in [3.05, 3.63) is 66.0 Å². The average Bonchev–Trinajstić information content (AvgIpc) is 3.17. The van der Waals surface area contributed by atoms with Gasteiger partial charge in [0, 0.05) is 30.9 Å². The van der Waals surface area contributed by atoms with Gasteiger partial charge in [-0.05, 0) is 38.0 Å². The van der Waals surface area contributed by atoms with Gasteiger partial charge in [-0.3, -0.25) is 4.79 Å². The third-order valence-corrected chi connectivity index (χ3v) is 4.89. The Bertz CT molecular complexity index is 915. The number of carbonyl (C=O) groups is 1. The summed E-state index contributed by atoms with van der Waals surface area (Å²) >= 11 is 0. The van der Waals surface area contributed by atoms with E-state index in [4.69, 9.17) is 0 Å². The smallest absolute Gasteiger partial charge is 0.228 e. The standard InChI is InChI=1S/C20H22N6O/c1-15-7-10-21-20(23-15)16-8-11-25(12-9-16)19(27)13-17-14-22-26(24-17)18-5-3-2-4-6-18/h2-7,10,14,16H,8-9,11-13H2,1H3. The monoisotopic (exact) mass is 362 g/mol. The molecule has 1 saturated heterocycles. The number of rotatable bonds is 4. The number of likely N-dealkylation sites (tertiary alicyclic amines) is 1. The number of amides is 1. The van der Waals surface area contributed by atoms with Gasteiger partial charge in [-0.25, -0.2) is 9.97 Å². The predicted molar refractivity (Wildman–Crippen MR) is 100 cm³/mol. The molecule has 0 N–H and O–H groups in total. The molecule has 0 atom stereocenters. The Kier molecular flexibility index (Phi) is 4.91. The van der Waals surface area contributed by atoms with Gasteiger partial charge in [0.15, 0.2) is 0 Å². The number of aryl methyl sites for hydroxylation is 1. The van der Waals surface area contributed by atoms with Crippen LogP contribution in [-0.2, 0) is 11.2 Å². The van der Waals surface area contributed by atoms with Crippen LogP contribution in [0.4, 0.5) is 0 Å². The fourth-order valence-electron chi connectivity index (χ4n) is 3.38. The maximum Gasteiger partial charge on any atom is 0.228 e. The van der Waals surface area contributed by atoms with E-state index < -0.39 is 0 Å². The van der Waals surface area contributed by atoms with Crippen LogP contribution < -0.4 is 0 Å². The molecule has 4 rings (SSSR count). The van der Waals surface area contributed by atoms with E-state index in [1.54, 1.807) is 11.0 Å². The third-order valence-electron chi connectivity index (χ3n) is 4.89. The van der Waals surface area contributed by atoms with E-state index in [1.165, 1.54) is 0 Å². The highest BCUT2D eigenvalue weighted by molar-refractivity contribution is 5.78. The minimum atomic E-state index is 0.0960. The van der Waals surface area contributed by atoms with Crippen LogP contribution in [0.1, 0.15) is 36.0 Å². The van der Waals surface area contributed by atoms with Crippen LogP contribution in [-0.4, -0.2) is 48.9 Å². The van der Waals surface area contributed by atoms with Gasteiger partial charge in [0.1, 0.15) is 5.82 Å². The minimum absolute atomic E-state index is 0.0960. The maximum absolute atomic E-state index is 12.6. The molecule has 1 fully saturated rings. The van der Waals surface area contributed by atoms with E-state index in [9.17, 15) is 4.79 Å². The molecule has 0 bridgehead atoms. The van der Waals surface area contributed by atoms with Gasteiger partial charge >= 0.3 is 0 Å². The molecule has 1 aliphatic heterocycles. The molecule has 1 amide bonds. The summed E-state index contributed by atoms with van der Waals surface area (Å²) in [6.07, 6.45) is 5.54. The lowest BCUT2D eigenvalue weighted by Crippen LogP contribution is -2.39. The van der Waals surface area contributed by atoms with Crippen molar-refractivity contribution in [2.75, 3.05) is 13.1 Å². The van der Waals surface area contributed by atoms with Gasteiger partial charge in [0.2, 0.25) is 5.91 Å². The Morgan fingerprint density at radius 1 is 1.15 bits per heavy atom. The van der Waals surface area contributed by atoms with Crippen molar-refractivity contribution in [3.8, 4) is 5.69 Å². The number of piperidine rings is 1. The molecule has 3 heterocycles. The number of para-hydroxylation sites is 1. The molecule has 27 heavy (non-hydrogen) atoms. The van der Waals surface area contributed by atoms with E-state index in [2.05, 4.69) is 20.2 Å². The number of hydrogen-bond acceptors (Lipinski definition) is 5. The zero-order valence-corrected chi connectivity index (χ0v) is 15.3. The summed E-state index contributed by atoms with van der Waals surface area (Å²) < 4.78 is 0. The van der Waals surface area contributed by atoms with Crippen molar-refractivity contribution in [1.29, 1.82) is 0 Å². The Morgan fingerprint density at radius 3 is 2.67 bits per heavy atom. The van der Waals surface area contributed by atoms with Gasteiger partial charge in [-0.1, -0.05) is 18.2 Å². The molecule has 1 aliphatic rings. The normalized spacial score (nSPS) is 15.1. The third kappa shape index (κ3) is 4.02. The average molecular weight is 362 g/mol. The van der Waals surface area contributed by atoms with Crippen LogP contribution in [0.25, 0.3) is 5.69 Å². The highest BCUT2D eigenvalue weighted by Gasteiger charge is 2.26. The summed E-state index contributed by atoms with van der Waals surface area (Å²) in [7, 11) is 0. The largest absolute Gasteiger partial charge is 0.342 e. The van der Waals surface area contributed by atoms with Crippen molar-refractivity contribution in [2.24, 2.45) is 0 Å². The Morgan fingerprint density at radius 2 is 1.93 bits per heavy atom. The molecule has 0 spiro atoms. The van der Waals surface area contributed by atoms with Crippen LogP contribution in [0.5, 0.6) is 0 Å². The van der Waals surface area contributed by atoms with Gasteiger partial charge in [0.05, 0.1) is 24.0 Å². The second-order valence-corrected chi connectivity index (χ2v) is 6.85. The van der Waals surface area contributed by atoms with Gasteiger partial charge in [-0.2, -0.15) is 15.0 Å². The molecule has 3 aromatic rings. The van der Waals surface area contributed by atoms with Crippen molar-refractivity contribution >= 4 is 5.91 Å². The highest BCUT2D eigenvalue weighted by Crippen LogP contribution is 2.25. The highest BCUT2D eigenvalue weighted by atomic mass is 16.2. The molecular weight excluding hydrogens is 340 g/mol. The van der Waals surface area contributed by atoms with Gasteiger partial charge in [0.25, 0.3) is 0 Å². The van der Waals surface area contributed by atoms with Crippen LogP contribution in [0.15, 0.2) is 48.8 Å². The lowest BCUT2D eigenvalue weighted by Gasteiger charge is -2.31. The summed E-state index contributed by atoms with van der Waals surface area (Å²) in [6.45, 7) is 3.44. The van der Waals surface area contributed by atoms with Crippen molar-refractivity contribution < 1.29 is 4.79 Å². The first-order valence-electron chi connectivity index (χ1n) is 9.23. The second-order valence-electron chi connectivity index (χ2n) is 6.85. The van der Waals surface area contributed by atoms with Crippen molar-refractivity contribution in [3.63, 3.8) is 0 Å². The summed E-state index contributed by atoms with van der Waals surface area (Å²) in [5, 5.41) is 8.69. The molecule has 0 unspecified atom stereocenters.